The molecule has 1 saturated heterocycles. The monoisotopic (exact) mass is 250 g/mol. The minimum Gasteiger partial charge on any atom is -0.417 e. The maximum Gasteiger partial charge on any atom is 0.191 e. The van der Waals surface area contributed by atoms with Gasteiger partial charge in [-0.2, -0.15) is 0 Å². The van der Waals surface area contributed by atoms with Gasteiger partial charge in [0, 0.05) is 6.61 Å². The third kappa shape index (κ3) is 4.06. The smallest absolute Gasteiger partial charge is 0.191 e. The number of alkyl halides is 1. The van der Waals surface area contributed by atoms with Gasteiger partial charge >= 0.3 is 0 Å². The Morgan fingerprint density at radius 2 is 2.00 bits per heavy atom. The maximum absolute atomic E-state index is 6.13. The van der Waals surface area contributed by atoms with Crippen molar-refractivity contribution in [3.8, 4) is 0 Å². The number of ether oxygens (including phenoxy) is 1. The van der Waals surface area contributed by atoms with Crippen molar-refractivity contribution in [3.05, 3.63) is 0 Å². The molecule has 0 amide bonds. The topological polar surface area (TPSA) is 21.8 Å². The number of hydrogen-bond acceptors (Lipinski definition) is 2. The molecule has 0 unspecified atom stereocenters. The van der Waals surface area contributed by atoms with Crippen LogP contribution in [0.5, 0.6) is 0 Å². The van der Waals surface area contributed by atoms with Gasteiger partial charge in [-0.05, 0) is 24.6 Å². The Bertz CT molecular complexity index is 209. The number of halogens is 1. The van der Waals surface area contributed by atoms with E-state index in [0.29, 0.717) is 0 Å². The van der Waals surface area contributed by atoms with Crippen molar-refractivity contribution in [2.75, 3.05) is 13.2 Å². The predicted octanol–water partition coefficient (Wildman–Crippen LogP) is 3.40. The zero-order valence-corrected chi connectivity index (χ0v) is 12.2. The predicted molar refractivity (Wildman–Crippen MR) is 67.1 cm³/mol. The van der Waals surface area contributed by atoms with E-state index < -0.39 is 8.32 Å². The average Bonchev–Trinajstić information content (AvgIpc) is 2.83. The Morgan fingerprint density at radius 1 is 1.47 bits per heavy atom. The van der Waals surface area contributed by atoms with Crippen LogP contribution in [0.3, 0.4) is 0 Å². The molecule has 0 saturated carbocycles. The third-order valence-electron chi connectivity index (χ3n) is 3.43. The SMILES string of the molecule is CC(C)(C)[Si](C)(C)OCC[C@H](Cl)[C@@H]1CO1. The van der Waals surface area contributed by atoms with Crippen molar-refractivity contribution < 1.29 is 9.16 Å². The summed E-state index contributed by atoms with van der Waals surface area (Å²) < 4.78 is 11.2. The van der Waals surface area contributed by atoms with Gasteiger partial charge in [0.1, 0.15) is 0 Å². The number of rotatable bonds is 5. The number of epoxide rings is 1. The van der Waals surface area contributed by atoms with Gasteiger partial charge in [-0.1, -0.05) is 20.8 Å². The Balaban J connectivity index is 2.23. The lowest BCUT2D eigenvalue weighted by atomic mass is 10.2. The van der Waals surface area contributed by atoms with Gasteiger partial charge in [0.2, 0.25) is 0 Å². The van der Waals surface area contributed by atoms with Crippen molar-refractivity contribution >= 4 is 19.9 Å². The third-order valence-corrected chi connectivity index (χ3v) is 8.46. The summed E-state index contributed by atoms with van der Waals surface area (Å²) in [4.78, 5) is 0. The van der Waals surface area contributed by atoms with Gasteiger partial charge in [0.05, 0.1) is 18.1 Å². The molecular formula is C11H23ClO2Si. The lowest BCUT2D eigenvalue weighted by Gasteiger charge is -2.36. The molecule has 0 aromatic rings. The van der Waals surface area contributed by atoms with Crippen LogP contribution in [0.2, 0.25) is 18.1 Å². The van der Waals surface area contributed by atoms with Gasteiger partial charge < -0.3 is 9.16 Å². The highest BCUT2D eigenvalue weighted by molar-refractivity contribution is 6.74. The molecule has 0 N–H and O–H groups in total. The molecule has 90 valence electrons. The summed E-state index contributed by atoms with van der Waals surface area (Å²) in [6.45, 7) is 12.9. The second kappa shape index (κ2) is 4.74. The molecule has 1 fully saturated rings. The first-order valence-electron chi connectivity index (χ1n) is 5.64. The summed E-state index contributed by atoms with van der Waals surface area (Å²) in [5.41, 5.74) is 0. The fourth-order valence-electron chi connectivity index (χ4n) is 1.09. The minimum atomic E-state index is -1.59. The van der Waals surface area contributed by atoms with E-state index in [9.17, 15) is 0 Å². The molecule has 0 aromatic heterocycles. The van der Waals surface area contributed by atoms with Gasteiger partial charge in [0.15, 0.2) is 8.32 Å². The molecule has 0 spiro atoms. The van der Waals surface area contributed by atoms with Crippen LogP contribution < -0.4 is 0 Å². The number of hydrogen-bond donors (Lipinski definition) is 0. The van der Waals surface area contributed by atoms with Gasteiger partial charge in [0.25, 0.3) is 0 Å². The van der Waals surface area contributed by atoms with Crippen molar-refractivity contribution in [2.45, 2.75) is 56.8 Å². The van der Waals surface area contributed by atoms with Crippen LogP contribution in [0.15, 0.2) is 0 Å². The lowest BCUT2D eigenvalue weighted by molar-refractivity contribution is 0.272. The quantitative estimate of drug-likeness (QED) is 0.424. The molecule has 0 bridgehead atoms. The van der Waals surface area contributed by atoms with Crippen molar-refractivity contribution in [1.82, 2.24) is 0 Å². The van der Waals surface area contributed by atoms with E-state index in [-0.39, 0.29) is 16.5 Å². The molecule has 1 aliphatic rings. The summed E-state index contributed by atoms with van der Waals surface area (Å²) in [6, 6.07) is 0. The minimum absolute atomic E-state index is 0.134. The largest absolute Gasteiger partial charge is 0.417 e. The summed E-state index contributed by atoms with van der Waals surface area (Å²) in [5, 5.41) is 0.417. The van der Waals surface area contributed by atoms with Gasteiger partial charge in [-0.25, -0.2) is 0 Å². The fraction of sp³-hybridized carbons (Fsp3) is 1.00. The van der Waals surface area contributed by atoms with Crippen LogP contribution in [0.4, 0.5) is 0 Å². The van der Waals surface area contributed by atoms with E-state index in [4.69, 9.17) is 20.8 Å². The summed E-state index contributed by atoms with van der Waals surface area (Å²) in [7, 11) is -1.59. The van der Waals surface area contributed by atoms with Crippen LogP contribution in [-0.2, 0) is 9.16 Å². The highest BCUT2D eigenvalue weighted by Crippen LogP contribution is 2.36. The summed E-state index contributed by atoms with van der Waals surface area (Å²) >= 11 is 6.13. The molecule has 1 rings (SSSR count). The molecule has 0 aliphatic carbocycles. The van der Waals surface area contributed by atoms with Crippen LogP contribution >= 0.6 is 11.6 Å². The zero-order chi connectivity index (χ0) is 11.7. The first kappa shape index (κ1) is 13.5. The van der Waals surface area contributed by atoms with Crippen molar-refractivity contribution in [3.63, 3.8) is 0 Å². The molecular weight excluding hydrogens is 228 g/mol. The second-order valence-electron chi connectivity index (χ2n) is 5.79. The van der Waals surface area contributed by atoms with E-state index in [1.165, 1.54) is 0 Å². The van der Waals surface area contributed by atoms with Crippen LogP contribution in [-0.4, -0.2) is 33.0 Å². The van der Waals surface area contributed by atoms with E-state index in [2.05, 4.69) is 33.9 Å². The Labute approximate surface area is 99.4 Å². The highest BCUT2D eigenvalue weighted by atomic mass is 35.5. The van der Waals surface area contributed by atoms with Crippen LogP contribution in [0.25, 0.3) is 0 Å². The second-order valence-corrected chi connectivity index (χ2v) is 11.2. The first-order valence-corrected chi connectivity index (χ1v) is 8.98. The summed E-state index contributed by atoms with van der Waals surface area (Å²) in [5.74, 6) is 0. The van der Waals surface area contributed by atoms with Gasteiger partial charge in [-0.15, -0.1) is 11.6 Å². The molecule has 2 nitrogen and oxygen atoms in total. The molecule has 1 aliphatic heterocycles. The zero-order valence-electron chi connectivity index (χ0n) is 10.5. The normalized spacial score (nSPS) is 24.0. The molecule has 1 heterocycles. The molecule has 0 aromatic carbocycles. The summed E-state index contributed by atoms with van der Waals surface area (Å²) in [6.07, 6.45) is 1.19. The van der Waals surface area contributed by atoms with Crippen molar-refractivity contribution in [2.24, 2.45) is 0 Å². The molecule has 2 atom stereocenters. The van der Waals surface area contributed by atoms with Crippen LogP contribution in [0.1, 0.15) is 27.2 Å². The highest BCUT2D eigenvalue weighted by Gasteiger charge is 2.37. The lowest BCUT2D eigenvalue weighted by Crippen LogP contribution is -2.41. The average molecular weight is 251 g/mol. The van der Waals surface area contributed by atoms with Crippen LogP contribution in [0, 0.1) is 0 Å². The Hall–Kier alpha value is 0.427. The van der Waals surface area contributed by atoms with E-state index >= 15 is 0 Å². The molecule has 4 heteroatoms. The van der Waals surface area contributed by atoms with E-state index in [1.807, 2.05) is 0 Å². The molecule has 0 radical (unpaired) electrons. The van der Waals surface area contributed by atoms with Crippen molar-refractivity contribution in [1.29, 1.82) is 0 Å². The Morgan fingerprint density at radius 3 is 2.40 bits per heavy atom. The molecule has 15 heavy (non-hydrogen) atoms. The first-order chi connectivity index (χ1) is 6.74. The van der Waals surface area contributed by atoms with E-state index in [1.54, 1.807) is 0 Å². The van der Waals surface area contributed by atoms with Gasteiger partial charge in [-0.3, -0.25) is 0 Å². The van der Waals surface area contributed by atoms with E-state index in [0.717, 1.165) is 19.6 Å². The standard InChI is InChI=1S/C11H23ClO2Si/c1-11(2,3)15(4,5)14-7-6-9(12)10-8-13-10/h9-10H,6-8H2,1-5H3/t9-,10-/m0/s1. The Kier molecular flexibility index (Phi) is 4.26. The fourth-order valence-corrected chi connectivity index (χ4v) is 2.39. The maximum atomic E-state index is 6.13.